The van der Waals surface area contributed by atoms with Crippen LogP contribution in [0.1, 0.15) is 52.8 Å². The van der Waals surface area contributed by atoms with Crippen LogP contribution in [0.3, 0.4) is 0 Å². The Bertz CT molecular complexity index is 548. The van der Waals surface area contributed by atoms with Crippen LogP contribution in [0.15, 0.2) is 12.3 Å². The number of nitrogens with one attached hydrogen (secondary N) is 1. The second-order valence-corrected chi connectivity index (χ2v) is 6.35. The van der Waals surface area contributed by atoms with E-state index in [1.807, 2.05) is 37.7 Å². The highest BCUT2D eigenvalue weighted by Gasteiger charge is 2.44. The van der Waals surface area contributed by atoms with Crippen LogP contribution < -0.4 is 5.32 Å². The first-order chi connectivity index (χ1) is 9.76. The first-order valence-electron chi connectivity index (χ1n) is 7.43. The summed E-state index contributed by atoms with van der Waals surface area (Å²) in [6.07, 6.45) is 2.50. The molecule has 0 bridgehead atoms. The predicted octanol–water partition coefficient (Wildman–Crippen LogP) is 1.48. The monoisotopic (exact) mass is 292 g/mol. The Morgan fingerprint density at radius 1 is 1.38 bits per heavy atom. The molecule has 2 heterocycles. The zero-order chi connectivity index (χ0) is 15.8. The zero-order valence-corrected chi connectivity index (χ0v) is 13.4. The van der Waals surface area contributed by atoms with E-state index in [2.05, 4.69) is 10.4 Å². The molecule has 1 aliphatic rings. The van der Waals surface area contributed by atoms with Crippen LogP contribution in [0.4, 0.5) is 0 Å². The van der Waals surface area contributed by atoms with Crippen molar-refractivity contribution in [1.29, 1.82) is 0 Å². The van der Waals surface area contributed by atoms with Crippen LogP contribution in [0.25, 0.3) is 0 Å². The summed E-state index contributed by atoms with van der Waals surface area (Å²) in [5.74, 6) is -0.154. The summed E-state index contributed by atoms with van der Waals surface area (Å²) in [5, 5.41) is 7.26. The molecule has 2 amide bonds. The van der Waals surface area contributed by atoms with E-state index in [1.165, 1.54) is 0 Å². The highest BCUT2D eigenvalue weighted by Crippen LogP contribution is 2.22. The predicted molar refractivity (Wildman–Crippen MR) is 79.5 cm³/mol. The molecule has 116 valence electrons. The van der Waals surface area contributed by atoms with Crippen LogP contribution in [0, 0.1) is 0 Å². The SMILES string of the molecule is CCC1C(=O)NC(C)(C)C(=O)N1Cc1ccn(C(C)C)n1. The summed E-state index contributed by atoms with van der Waals surface area (Å²) in [6, 6.07) is 1.76. The Morgan fingerprint density at radius 2 is 2.05 bits per heavy atom. The van der Waals surface area contributed by atoms with Gasteiger partial charge in [-0.3, -0.25) is 14.3 Å². The lowest BCUT2D eigenvalue weighted by Crippen LogP contribution is -2.67. The normalized spacial score (nSPS) is 21.8. The van der Waals surface area contributed by atoms with Gasteiger partial charge in [0.05, 0.1) is 12.2 Å². The number of rotatable bonds is 4. The van der Waals surface area contributed by atoms with E-state index < -0.39 is 11.6 Å². The number of carbonyl (C=O) groups is 2. The second-order valence-electron chi connectivity index (χ2n) is 6.35. The van der Waals surface area contributed by atoms with Crippen molar-refractivity contribution in [3.8, 4) is 0 Å². The Hall–Kier alpha value is -1.85. The van der Waals surface area contributed by atoms with E-state index in [0.717, 1.165) is 5.69 Å². The third-order valence-electron chi connectivity index (χ3n) is 3.82. The van der Waals surface area contributed by atoms with Crippen molar-refractivity contribution >= 4 is 11.8 Å². The third kappa shape index (κ3) is 2.94. The Balaban J connectivity index is 2.24. The van der Waals surface area contributed by atoms with Crippen LogP contribution in [0.5, 0.6) is 0 Å². The molecule has 0 spiro atoms. The van der Waals surface area contributed by atoms with Gasteiger partial charge in [-0.2, -0.15) is 5.10 Å². The van der Waals surface area contributed by atoms with Crippen molar-refractivity contribution in [3.63, 3.8) is 0 Å². The van der Waals surface area contributed by atoms with Gasteiger partial charge in [-0.1, -0.05) is 6.92 Å². The molecule has 0 radical (unpaired) electrons. The highest BCUT2D eigenvalue weighted by molar-refractivity contribution is 5.99. The van der Waals surface area contributed by atoms with Crippen molar-refractivity contribution < 1.29 is 9.59 Å². The van der Waals surface area contributed by atoms with Crippen molar-refractivity contribution in [2.75, 3.05) is 0 Å². The summed E-state index contributed by atoms with van der Waals surface area (Å²) < 4.78 is 1.86. The molecule has 2 rings (SSSR count). The van der Waals surface area contributed by atoms with Crippen LogP contribution >= 0.6 is 0 Å². The summed E-state index contributed by atoms with van der Waals surface area (Å²) in [6.45, 7) is 9.85. The molecule has 0 aliphatic carbocycles. The topological polar surface area (TPSA) is 67.2 Å². The van der Waals surface area contributed by atoms with Crippen molar-refractivity contribution in [2.24, 2.45) is 0 Å². The minimum atomic E-state index is -0.858. The summed E-state index contributed by atoms with van der Waals surface area (Å²) in [7, 11) is 0. The molecule has 1 unspecified atom stereocenters. The second kappa shape index (κ2) is 5.50. The molecule has 21 heavy (non-hydrogen) atoms. The molecule has 6 heteroatoms. The molecule has 0 aromatic carbocycles. The Kier molecular flexibility index (Phi) is 4.07. The molecule has 6 nitrogen and oxygen atoms in total. The summed E-state index contributed by atoms with van der Waals surface area (Å²) in [5.41, 5.74) is -0.0513. The standard InChI is InChI=1S/C15H24N4O2/c1-6-12-13(20)16-15(4,5)14(21)18(12)9-11-7-8-19(17-11)10(2)3/h7-8,10,12H,6,9H2,1-5H3,(H,16,20). The smallest absolute Gasteiger partial charge is 0.248 e. The lowest BCUT2D eigenvalue weighted by molar-refractivity contribution is -0.154. The van der Waals surface area contributed by atoms with Crippen LogP contribution in [-0.2, 0) is 16.1 Å². The number of piperazine rings is 1. The molecular weight excluding hydrogens is 268 g/mol. The van der Waals surface area contributed by atoms with Gasteiger partial charge in [0.25, 0.3) is 0 Å². The van der Waals surface area contributed by atoms with Crippen LogP contribution in [-0.4, -0.2) is 38.1 Å². The fourth-order valence-corrected chi connectivity index (χ4v) is 2.60. The van der Waals surface area contributed by atoms with Crippen molar-refractivity contribution in [2.45, 2.75) is 65.2 Å². The lowest BCUT2D eigenvalue weighted by atomic mass is 9.95. The van der Waals surface area contributed by atoms with Crippen LogP contribution in [0.2, 0.25) is 0 Å². The number of hydrogen-bond donors (Lipinski definition) is 1. The lowest BCUT2D eigenvalue weighted by Gasteiger charge is -2.42. The quantitative estimate of drug-likeness (QED) is 0.914. The molecule has 1 aromatic heterocycles. The first kappa shape index (κ1) is 15.5. The number of aromatic nitrogens is 2. The number of nitrogens with zero attached hydrogens (tertiary/aromatic N) is 3. The van der Waals surface area contributed by atoms with Gasteiger partial charge in [-0.15, -0.1) is 0 Å². The van der Waals surface area contributed by atoms with Gasteiger partial charge < -0.3 is 10.2 Å². The van der Waals surface area contributed by atoms with Gasteiger partial charge in [0, 0.05) is 12.2 Å². The van der Waals surface area contributed by atoms with Crippen molar-refractivity contribution in [1.82, 2.24) is 20.0 Å². The summed E-state index contributed by atoms with van der Waals surface area (Å²) in [4.78, 5) is 26.4. The first-order valence-corrected chi connectivity index (χ1v) is 7.43. The van der Waals surface area contributed by atoms with Gasteiger partial charge in [0.15, 0.2) is 0 Å². The van der Waals surface area contributed by atoms with E-state index in [0.29, 0.717) is 13.0 Å². The maximum atomic E-state index is 12.6. The van der Waals surface area contributed by atoms with Crippen molar-refractivity contribution in [3.05, 3.63) is 18.0 Å². The van der Waals surface area contributed by atoms with E-state index in [-0.39, 0.29) is 17.9 Å². The molecule has 1 saturated heterocycles. The van der Waals surface area contributed by atoms with E-state index in [4.69, 9.17) is 0 Å². The maximum Gasteiger partial charge on any atom is 0.248 e. The minimum Gasteiger partial charge on any atom is -0.340 e. The van der Waals surface area contributed by atoms with Gasteiger partial charge in [-0.05, 0) is 40.2 Å². The van der Waals surface area contributed by atoms with Gasteiger partial charge in [-0.25, -0.2) is 0 Å². The summed E-state index contributed by atoms with van der Waals surface area (Å²) >= 11 is 0. The van der Waals surface area contributed by atoms with E-state index in [9.17, 15) is 9.59 Å². The molecule has 1 atom stereocenters. The molecule has 0 saturated carbocycles. The molecular formula is C15H24N4O2. The third-order valence-corrected chi connectivity index (χ3v) is 3.82. The van der Waals surface area contributed by atoms with Gasteiger partial charge >= 0.3 is 0 Å². The number of amides is 2. The Morgan fingerprint density at radius 3 is 2.57 bits per heavy atom. The average Bonchev–Trinajstić information content (AvgIpc) is 2.84. The van der Waals surface area contributed by atoms with Gasteiger partial charge in [0.2, 0.25) is 11.8 Å². The minimum absolute atomic E-state index is 0.0620. The number of hydrogen-bond acceptors (Lipinski definition) is 3. The largest absolute Gasteiger partial charge is 0.340 e. The fraction of sp³-hybridized carbons (Fsp3) is 0.667. The molecule has 1 fully saturated rings. The molecule has 1 aromatic rings. The average molecular weight is 292 g/mol. The molecule has 1 aliphatic heterocycles. The molecule has 1 N–H and O–H groups in total. The van der Waals surface area contributed by atoms with E-state index in [1.54, 1.807) is 18.7 Å². The maximum absolute atomic E-state index is 12.6. The van der Waals surface area contributed by atoms with E-state index >= 15 is 0 Å². The Labute approximate surface area is 125 Å². The number of carbonyl (C=O) groups excluding carboxylic acids is 2. The fourth-order valence-electron chi connectivity index (χ4n) is 2.60. The van der Waals surface area contributed by atoms with Gasteiger partial charge in [0.1, 0.15) is 11.6 Å². The zero-order valence-electron chi connectivity index (χ0n) is 13.4. The highest BCUT2D eigenvalue weighted by atomic mass is 16.2.